The molecule has 0 heteroatoms. The molecule has 0 heterocycles. The van der Waals surface area contributed by atoms with Gasteiger partial charge in [-0.05, 0) is 106 Å². The Morgan fingerprint density at radius 3 is 1.59 bits per heavy atom. The standard InChI is InChI=1S/C51H36/c1-3-15-35(16-4-1)49-43-29-28-39(32-42(43)33-48(49)40-27-26-34-14-7-8-19-37(34)30-40)38-20-13-21-41(31-38)51-46-24-11-9-22-44(46)50(36-17-5-2-6-18-36)45-23-10-12-25-47(45)51/h1-32,48-49H,33H2. The van der Waals surface area contributed by atoms with Crippen LogP contribution in [0.25, 0.3) is 65.7 Å². The summed E-state index contributed by atoms with van der Waals surface area (Å²) in [4.78, 5) is 0. The fourth-order valence-electron chi connectivity index (χ4n) is 8.87. The SMILES string of the molecule is c1ccc(-c2c3ccccc3c(-c3cccc(-c4ccc5c(c4)CC(c4ccc6ccccc6c4)C5c4ccccc4)c3)c3ccccc23)cc1. The van der Waals surface area contributed by atoms with E-state index in [0.29, 0.717) is 11.8 Å². The first-order valence-electron chi connectivity index (χ1n) is 18.1. The average Bonchev–Trinajstić information content (AvgIpc) is 3.59. The molecule has 1 aliphatic carbocycles. The molecule has 9 aromatic rings. The fourth-order valence-corrected chi connectivity index (χ4v) is 8.87. The van der Waals surface area contributed by atoms with Gasteiger partial charge < -0.3 is 0 Å². The van der Waals surface area contributed by atoms with E-state index in [0.717, 1.165) is 6.42 Å². The molecule has 0 nitrogen and oxygen atoms in total. The molecule has 51 heavy (non-hydrogen) atoms. The third kappa shape index (κ3) is 5.06. The van der Waals surface area contributed by atoms with Crippen molar-refractivity contribution < 1.29 is 0 Å². The molecule has 0 bridgehead atoms. The number of hydrogen-bond donors (Lipinski definition) is 0. The van der Waals surface area contributed by atoms with Crippen LogP contribution in [0.3, 0.4) is 0 Å². The summed E-state index contributed by atoms with van der Waals surface area (Å²) in [5, 5.41) is 7.74. The van der Waals surface area contributed by atoms with Gasteiger partial charge in [-0.15, -0.1) is 0 Å². The van der Waals surface area contributed by atoms with Crippen LogP contribution in [-0.2, 0) is 6.42 Å². The molecular formula is C51H36. The molecule has 0 saturated heterocycles. The van der Waals surface area contributed by atoms with Crippen molar-refractivity contribution >= 4 is 32.3 Å². The smallest absolute Gasteiger partial charge is 0.0164 e. The van der Waals surface area contributed by atoms with Crippen LogP contribution in [0, 0.1) is 0 Å². The molecule has 0 aromatic heterocycles. The van der Waals surface area contributed by atoms with Crippen LogP contribution in [0.2, 0.25) is 0 Å². The Hall–Kier alpha value is -6.24. The summed E-state index contributed by atoms with van der Waals surface area (Å²) in [6.07, 6.45) is 1.02. The van der Waals surface area contributed by atoms with E-state index in [-0.39, 0.29) is 0 Å². The Balaban J connectivity index is 1.10. The maximum absolute atomic E-state index is 2.47. The van der Waals surface area contributed by atoms with E-state index in [4.69, 9.17) is 0 Å². The number of fused-ring (bicyclic) bond motifs is 4. The third-order valence-electron chi connectivity index (χ3n) is 11.2. The molecule has 0 amide bonds. The van der Waals surface area contributed by atoms with Crippen molar-refractivity contribution in [2.24, 2.45) is 0 Å². The second-order valence-corrected chi connectivity index (χ2v) is 14.0. The van der Waals surface area contributed by atoms with Crippen molar-refractivity contribution in [1.82, 2.24) is 0 Å². The van der Waals surface area contributed by atoms with Gasteiger partial charge >= 0.3 is 0 Å². The summed E-state index contributed by atoms with van der Waals surface area (Å²) < 4.78 is 0. The lowest BCUT2D eigenvalue weighted by molar-refractivity contribution is 0.657. The Labute approximate surface area is 299 Å². The lowest BCUT2D eigenvalue weighted by atomic mass is 9.81. The van der Waals surface area contributed by atoms with Crippen LogP contribution in [0.15, 0.2) is 194 Å². The minimum Gasteiger partial charge on any atom is -0.0622 e. The number of rotatable bonds is 5. The first-order valence-corrected chi connectivity index (χ1v) is 18.1. The van der Waals surface area contributed by atoms with Crippen LogP contribution >= 0.6 is 0 Å². The highest BCUT2D eigenvalue weighted by molar-refractivity contribution is 6.21. The molecule has 0 saturated carbocycles. The Kier molecular flexibility index (Phi) is 7.13. The lowest BCUT2D eigenvalue weighted by Crippen LogP contribution is -2.08. The van der Waals surface area contributed by atoms with Gasteiger partial charge in [-0.1, -0.05) is 188 Å². The quantitative estimate of drug-likeness (QED) is 0.163. The molecule has 0 fully saturated rings. The van der Waals surface area contributed by atoms with Crippen molar-refractivity contribution in [3.63, 3.8) is 0 Å². The minimum atomic E-state index is 0.323. The zero-order valence-electron chi connectivity index (χ0n) is 28.3. The maximum Gasteiger partial charge on any atom is 0.0164 e. The topological polar surface area (TPSA) is 0 Å². The van der Waals surface area contributed by atoms with Crippen molar-refractivity contribution in [2.75, 3.05) is 0 Å². The van der Waals surface area contributed by atoms with Crippen molar-refractivity contribution in [2.45, 2.75) is 18.3 Å². The molecule has 240 valence electrons. The largest absolute Gasteiger partial charge is 0.0622 e. The van der Waals surface area contributed by atoms with Crippen molar-refractivity contribution in [3.8, 4) is 33.4 Å². The Bertz CT molecular complexity index is 2660. The van der Waals surface area contributed by atoms with Crippen LogP contribution in [0.4, 0.5) is 0 Å². The molecule has 9 aromatic carbocycles. The average molecular weight is 649 g/mol. The van der Waals surface area contributed by atoms with E-state index < -0.39 is 0 Å². The summed E-state index contributed by atoms with van der Waals surface area (Å²) in [7, 11) is 0. The normalized spacial score (nSPS) is 15.4. The lowest BCUT2D eigenvalue weighted by Gasteiger charge is -2.22. The van der Waals surface area contributed by atoms with Crippen LogP contribution in [0.5, 0.6) is 0 Å². The van der Waals surface area contributed by atoms with E-state index in [1.807, 2.05) is 0 Å². The zero-order chi connectivity index (χ0) is 33.7. The van der Waals surface area contributed by atoms with Gasteiger partial charge in [0.15, 0.2) is 0 Å². The van der Waals surface area contributed by atoms with Gasteiger partial charge in [-0.2, -0.15) is 0 Å². The third-order valence-corrected chi connectivity index (χ3v) is 11.2. The minimum absolute atomic E-state index is 0.323. The summed E-state index contributed by atoms with van der Waals surface area (Å²) in [5.74, 6) is 0.707. The molecule has 0 aliphatic heterocycles. The van der Waals surface area contributed by atoms with Gasteiger partial charge in [0.2, 0.25) is 0 Å². The van der Waals surface area contributed by atoms with Gasteiger partial charge in [0, 0.05) is 5.92 Å². The van der Waals surface area contributed by atoms with Crippen molar-refractivity contribution in [1.29, 1.82) is 0 Å². The zero-order valence-corrected chi connectivity index (χ0v) is 28.3. The van der Waals surface area contributed by atoms with E-state index in [2.05, 4.69) is 194 Å². The second-order valence-electron chi connectivity index (χ2n) is 14.0. The Morgan fingerprint density at radius 1 is 0.333 bits per heavy atom. The fraction of sp³-hybridized carbons (Fsp3) is 0.0588. The first kappa shape index (κ1) is 29.7. The molecular weight excluding hydrogens is 613 g/mol. The summed E-state index contributed by atoms with van der Waals surface area (Å²) in [6, 6.07) is 72.0. The van der Waals surface area contributed by atoms with Crippen molar-refractivity contribution in [3.05, 3.63) is 216 Å². The van der Waals surface area contributed by atoms with Gasteiger partial charge in [-0.25, -0.2) is 0 Å². The van der Waals surface area contributed by atoms with Gasteiger partial charge in [0.05, 0.1) is 0 Å². The maximum atomic E-state index is 2.47. The monoisotopic (exact) mass is 648 g/mol. The molecule has 2 unspecified atom stereocenters. The predicted molar refractivity (Wildman–Crippen MR) is 216 cm³/mol. The van der Waals surface area contributed by atoms with E-state index in [1.54, 1.807) is 0 Å². The number of benzene rings is 9. The van der Waals surface area contributed by atoms with Crippen LogP contribution in [-0.4, -0.2) is 0 Å². The van der Waals surface area contributed by atoms with Gasteiger partial charge in [-0.3, -0.25) is 0 Å². The molecule has 1 aliphatic rings. The molecule has 2 atom stereocenters. The van der Waals surface area contributed by atoms with Crippen LogP contribution < -0.4 is 0 Å². The van der Waals surface area contributed by atoms with E-state index >= 15 is 0 Å². The first-order chi connectivity index (χ1) is 25.3. The Morgan fingerprint density at radius 2 is 0.882 bits per heavy atom. The summed E-state index contributed by atoms with van der Waals surface area (Å²) in [6.45, 7) is 0. The highest BCUT2D eigenvalue weighted by Crippen LogP contribution is 2.49. The van der Waals surface area contributed by atoms with Crippen LogP contribution in [0.1, 0.15) is 34.1 Å². The second kappa shape index (κ2) is 12.3. The molecule has 0 radical (unpaired) electrons. The van der Waals surface area contributed by atoms with Gasteiger partial charge in [0.25, 0.3) is 0 Å². The highest BCUT2D eigenvalue weighted by Gasteiger charge is 2.35. The van der Waals surface area contributed by atoms with Gasteiger partial charge in [0.1, 0.15) is 0 Å². The summed E-state index contributed by atoms with van der Waals surface area (Å²) >= 11 is 0. The predicted octanol–water partition coefficient (Wildman–Crippen LogP) is 13.6. The molecule has 0 N–H and O–H groups in total. The number of hydrogen-bond acceptors (Lipinski definition) is 0. The highest BCUT2D eigenvalue weighted by atomic mass is 14.4. The molecule has 10 rings (SSSR count). The van der Waals surface area contributed by atoms with E-state index in [1.165, 1.54) is 88.0 Å². The molecule has 0 spiro atoms. The summed E-state index contributed by atoms with van der Waals surface area (Å²) in [5.41, 5.74) is 13.3. The van der Waals surface area contributed by atoms with E-state index in [9.17, 15) is 0 Å².